The summed E-state index contributed by atoms with van der Waals surface area (Å²) in [4.78, 5) is 13.5. The molecule has 0 N–H and O–H groups in total. The van der Waals surface area contributed by atoms with Gasteiger partial charge in [-0.1, -0.05) is 30.9 Å². The monoisotopic (exact) mass is 185 g/mol. The van der Waals surface area contributed by atoms with Crippen LogP contribution >= 0.6 is 0 Å². The van der Waals surface area contributed by atoms with Crippen LogP contribution in [-0.4, -0.2) is 17.4 Å². The summed E-state index contributed by atoms with van der Waals surface area (Å²) in [6.07, 6.45) is 1.70. The first-order chi connectivity index (χ1) is 6.75. The van der Waals surface area contributed by atoms with E-state index in [4.69, 9.17) is 0 Å². The highest BCUT2D eigenvalue weighted by Crippen LogP contribution is 2.30. The van der Waals surface area contributed by atoms with Gasteiger partial charge >= 0.3 is 0 Å². The van der Waals surface area contributed by atoms with Crippen LogP contribution in [-0.2, 0) is 0 Å². The molecule has 0 atom stereocenters. The van der Waals surface area contributed by atoms with E-state index in [1.807, 2.05) is 24.3 Å². The molecule has 1 heterocycles. The number of hydrogen-bond acceptors (Lipinski definition) is 1. The van der Waals surface area contributed by atoms with Crippen molar-refractivity contribution < 1.29 is 4.79 Å². The summed E-state index contributed by atoms with van der Waals surface area (Å²) in [6.45, 7) is 8.04. The van der Waals surface area contributed by atoms with Crippen molar-refractivity contribution in [2.75, 3.05) is 6.54 Å². The largest absolute Gasteiger partial charge is 0.305 e. The van der Waals surface area contributed by atoms with Crippen molar-refractivity contribution in [3.05, 3.63) is 54.6 Å². The number of nitrogens with zero attached hydrogens (tertiary/aromatic N) is 1. The third-order valence-electron chi connectivity index (χ3n) is 2.35. The van der Waals surface area contributed by atoms with E-state index in [9.17, 15) is 4.79 Å². The molecule has 0 bridgehead atoms. The van der Waals surface area contributed by atoms with Gasteiger partial charge in [-0.3, -0.25) is 4.79 Å². The zero-order valence-electron chi connectivity index (χ0n) is 7.86. The molecule has 2 rings (SSSR count). The van der Waals surface area contributed by atoms with E-state index >= 15 is 0 Å². The molecule has 0 unspecified atom stereocenters. The first-order valence-corrected chi connectivity index (χ1v) is 4.46. The van der Waals surface area contributed by atoms with Crippen molar-refractivity contribution in [2.45, 2.75) is 0 Å². The number of carbonyl (C=O) groups excluding carboxylic acids is 1. The summed E-state index contributed by atoms with van der Waals surface area (Å²) in [7, 11) is 0. The van der Waals surface area contributed by atoms with Gasteiger partial charge in [0, 0.05) is 23.4 Å². The van der Waals surface area contributed by atoms with Crippen molar-refractivity contribution in [1.82, 2.24) is 4.90 Å². The fourth-order valence-corrected chi connectivity index (χ4v) is 1.66. The molecule has 1 aromatic rings. The maximum atomic E-state index is 11.8. The molecule has 1 aliphatic rings. The van der Waals surface area contributed by atoms with E-state index in [2.05, 4.69) is 13.2 Å². The Morgan fingerprint density at radius 3 is 2.50 bits per heavy atom. The lowest BCUT2D eigenvalue weighted by atomic mass is 10.1. The smallest absolute Gasteiger partial charge is 0.259 e. The number of rotatable bonds is 2. The van der Waals surface area contributed by atoms with Gasteiger partial charge in [0.25, 0.3) is 5.91 Å². The molecule has 2 nitrogen and oxygen atoms in total. The summed E-state index contributed by atoms with van der Waals surface area (Å²) >= 11 is 0. The lowest BCUT2D eigenvalue weighted by Crippen LogP contribution is -2.22. The maximum Gasteiger partial charge on any atom is 0.259 e. The van der Waals surface area contributed by atoms with Gasteiger partial charge in [0.15, 0.2) is 0 Å². The second-order valence-corrected chi connectivity index (χ2v) is 3.20. The van der Waals surface area contributed by atoms with Crippen molar-refractivity contribution >= 4 is 11.6 Å². The number of amides is 1. The molecule has 0 aliphatic carbocycles. The fraction of sp³-hybridized carbons (Fsp3) is 0.0833. The summed E-state index contributed by atoms with van der Waals surface area (Å²) < 4.78 is 0. The van der Waals surface area contributed by atoms with Gasteiger partial charge in [-0.2, -0.15) is 0 Å². The predicted octanol–water partition coefficient (Wildman–Crippen LogP) is 2.30. The van der Waals surface area contributed by atoms with Crippen molar-refractivity contribution in [3.8, 4) is 0 Å². The van der Waals surface area contributed by atoms with Gasteiger partial charge in [-0.05, 0) is 6.07 Å². The highest BCUT2D eigenvalue weighted by atomic mass is 16.2. The molecule has 0 radical (unpaired) electrons. The molecule has 0 fully saturated rings. The Morgan fingerprint density at radius 1 is 1.29 bits per heavy atom. The van der Waals surface area contributed by atoms with Gasteiger partial charge in [0.1, 0.15) is 0 Å². The molecule has 2 heteroatoms. The molecule has 70 valence electrons. The normalized spacial score (nSPS) is 14.4. The molecular formula is C12H11NO. The van der Waals surface area contributed by atoms with Crippen LogP contribution in [0.2, 0.25) is 0 Å². The van der Waals surface area contributed by atoms with Crippen LogP contribution in [0.25, 0.3) is 5.70 Å². The molecule has 0 aromatic heterocycles. The zero-order valence-corrected chi connectivity index (χ0v) is 7.86. The fourth-order valence-electron chi connectivity index (χ4n) is 1.66. The van der Waals surface area contributed by atoms with Crippen LogP contribution in [0.15, 0.2) is 43.5 Å². The molecule has 1 amide bonds. The molecule has 14 heavy (non-hydrogen) atoms. The zero-order chi connectivity index (χ0) is 10.1. The third kappa shape index (κ3) is 1.08. The quantitative estimate of drug-likeness (QED) is 0.647. The number of hydrogen-bond donors (Lipinski definition) is 0. The number of carbonyl (C=O) groups is 1. The van der Waals surface area contributed by atoms with Crippen LogP contribution in [0.4, 0.5) is 0 Å². The lowest BCUT2D eigenvalue weighted by molar-refractivity contribution is 0.0862. The Morgan fingerprint density at radius 2 is 1.93 bits per heavy atom. The van der Waals surface area contributed by atoms with Gasteiger partial charge in [-0.15, -0.1) is 6.58 Å². The van der Waals surface area contributed by atoms with E-state index in [1.165, 1.54) is 0 Å². The summed E-state index contributed by atoms with van der Waals surface area (Å²) in [5, 5.41) is 0. The van der Waals surface area contributed by atoms with Crippen LogP contribution in [0, 0.1) is 0 Å². The highest BCUT2D eigenvalue weighted by Gasteiger charge is 2.29. The first kappa shape index (κ1) is 8.75. The SMILES string of the molecule is C=CCN1C(=C)c2ccccc2C1=O. The minimum Gasteiger partial charge on any atom is -0.305 e. The average Bonchev–Trinajstić information content (AvgIpc) is 2.45. The van der Waals surface area contributed by atoms with E-state index in [0.29, 0.717) is 6.54 Å². The van der Waals surface area contributed by atoms with Crippen LogP contribution in [0.3, 0.4) is 0 Å². The Kier molecular flexibility index (Phi) is 1.97. The minimum absolute atomic E-state index is 0.0190. The average molecular weight is 185 g/mol. The van der Waals surface area contributed by atoms with Gasteiger partial charge in [0.05, 0.1) is 0 Å². The standard InChI is InChI=1S/C12H11NO/c1-3-8-13-9(2)10-6-4-5-7-11(10)12(13)14/h3-7H,1-2,8H2. The first-order valence-electron chi connectivity index (χ1n) is 4.46. The minimum atomic E-state index is 0.0190. The Bertz CT molecular complexity index is 385. The van der Waals surface area contributed by atoms with E-state index in [-0.39, 0.29) is 5.91 Å². The highest BCUT2D eigenvalue weighted by molar-refractivity contribution is 6.08. The summed E-state index contributed by atoms with van der Waals surface area (Å²) in [6, 6.07) is 7.51. The van der Waals surface area contributed by atoms with Crippen molar-refractivity contribution in [3.63, 3.8) is 0 Å². The molecule has 0 saturated heterocycles. The summed E-state index contributed by atoms with van der Waals surface area (Å²) in [5.74, 6) is 0.0190. The Hall–Kier alpha value is -1.83. The van der Waals surface area contributed by atoms with Gasteiger partial charge in [0.2, 0.25) is 0 Å². The van der Waals surface area contributed by atoms with Crippen molar-refractivity contribution in [2.24, 2.45) is 0 Å². The van der Waals surface area contributed by atoms with E-state index in [0.717, 1.165) is 16.8 Å². The van der Waals surface area contributed by atoms with E-state index in [1.54, 1.807) is 11.0 Å². The molecular weight excluding hydrogens is 174 g/mol. The van der Waals surface area contributed by atoms with Crippen LogP contribution in [0.1, 0.15) is 15.9 Å². The van der Waals surface area contributed by atoms with Crippen LogP contribution in [0.5, 0.6) is 0 Å². The second kappa shape index (κ2) is 3.14. The Labute approximate surface area is 83.2 Å². The summed E-state index contributed by atoms with van der Waals surface area (Å²) in [5.41, 5.74) is 2.43. The van der Waals surface area contributed by atoms with Gasteiger partial charge < -0.3 is 4.90 Å². The lowest BCUT2D eigenvalue weighted by Gasteiger charge is -2.14. The van der Waals surface area contributed by atoms with Crippen LogP contribution < -0.4 is 0 Å². The number of benzene rings is 1. The van der Waals surface area contributed by atoms with Gasteiger partial charge in [-0.25, -0.2) is 0 Å². The molecule has 0 spiro atoms. The molecule has 0 saturated carbocycles. The second-order valence-electron chi connectivity index (χ2n) is 3.20. The Balaban J connectivity index is 2.48. The van der Waals surface area contributed by atoms with Crippen molar-refractivity contribution in [1.29, 1.82) is 0 Å². The maximum absolute atomic E-state index is 11.8. The molecule has 1 aliphatic heterocycles. The van der Waals surface area contributed by atoms with E-state index < -0.39 is 0 Å². The topological polar surface area (TPSA) is 20.3 Å². The number of fused-ring (bicyclic) bond motifs is 1. The third-order valence-corrected chi connectivity index (χ3v) is 2.35. The predicted molar refractivity (Wildman–Crippen MR) is 56.7 cm³/mol. The molecule has 1 aromatic carbocycles.